The molecule has 0 spiro atoms. The summed E-state index contributed by atoms with van der Waals surface area (Å²) in [6.07, 6.45) is 1.61. The third-order valence-electron chi connectivity index (χ3n) is 3.65. The largest absolute Gasteiger partial charge is 0.508 e. The topological polar surface area (TPSA) is 106 Å². The van der Waals surface area contributed by atoms with Gasteiger partial charge in [-0.1, -0.05) is 0 Å². The van der Waals surface area contributed by atoms with Crippen molar-refractivity contribution < 1.29 is 9.90 Å². The second kappa shape index (κ2) is 8.17. The molecule has 7 heteroatoms. The van der Waals surface area contributed by atoms with Gasteiger partial charge in [0.25, 0.3) is 5.91 Å². The van der Waals surface area contributed by atoms with Crippen LogP contribution in [-0.2, 0) is 4.79 Å². The van der Waals surface area contributed by atoms with Gasteiger partial charge in [0.05, 0.1) is 0 Å². The van der Waals surface area contributed by atoms with E-state index in [0.717, 1.165) is 32.7 Å². The number of aromatic hydroxyl groups is 1. The zero-order chi connectivity index (χ0) is 16.7. The first kappa shape index (κ1) is 16.8. The van der Waals surface area contributed by atoms with Crippen LogP contribution in [0.1, 0.15) is 0 Å². The summed E-state index contributed by atoms with van der Waals surface area (Å²) in [5, 5.41) is 21.1. The number of benzene rings is 1. The van der Waals surface area contributed by atoms with E-state index in [2.05, 4.69) is 10.2 Å². The summed E-state index contributed by atoms with van der Waals surface area (Å²) in [6, 6.07) is 8.04. The van der Waals surface area contributed by atoms with Crippen LogP contribution in [0.2, 0.25) is 0 Å². The fraction of sp³-hybridized carbons (Fsp3) is 0.375. The molecular weight excluding hydrogens is 294 g/mol. The first-order valence-electron chi connectivity index (χ1n) is 7.51. The number of phenols is 1. The Labute approximate surface area is 135 Å². The Morgan fingerprint density at radius 1 is 1.30 bits per heavy atom. The van der Waals surface area contributed by atoms with Gasteiger partial charge in [-0.2, -0.15) is 5.26 Å². The maximum atomic E-state index is 12.2. The number of rotatable bonds is 5. The van der Waals surface area contributed by atoms with Crippen molar-refractivity contribution in [2.45, 2.75) is 0 Å². The molecule has 23 heavy (non-hydrogen) atoms. The number of phenolic OH excluding ortho intramolecular Hbond substituents is 1. The lowest BCUT2D eigenvalue weighted by molar-refractivity contribution is -0.112. The predicted molar refractivity (Wildman–Crippen MR) is 87.5 cm³/mol. The van der Waals surface area contributed by atoms with Gasteiger partial charge >= 0.3 is 0 Å². The van der Waals surface area contributed by atoms with E-state index in [4.69, 9.17) is 5.73 Å². The molecule has 7 nitrogen and oxygen atoms in total. The van der Waals surface area contributed by atoms with Crippen LogP contribution >= 0.6 is 0 Å². The van der Waals surface area contributed by atoms with Crippen molar-refractivity contribution in [3.8, 4) is 11.8 Å². The SMILES string of the molecule is N#C/C(=C/N1CCN(CCN)CC1)C(=O)Nc1ccc(O)cc1. The Kier molecular flexibility index (Phi) is 5.97. The molecule has 1 aliphatic heterocycles. The van der Waals surface area contributed by atoms with Gasteiger partial charge in [-0.15, -0.1) is 0 Å². The smallest absolute Gasteiger partial charge is 0.267 e. The summed E-state index contributed by atoms with van der Waals surface area (Å²) in [6.45, 7) is 4.76. The maximum absolute atomic E-state index is 12.2. The number of nitriles is 1. The van der Waals surface area contributed by atoms with Crippen molar-refractivity contribution in [3.63, 3.8) is 0 Å². The minimum Gasteiger partial charge on any atom is -0.508 e. The van der Waals surface area contributed by atoms with Gasteiger partial charge in [-0.25, -0.2) is 0 Å². The summed E-state index contributed by atoms with van der Waals surface area (Å²) >= 11 is 0. The first-order chi connectivity index (χ1) is 11.1. The Balaban J connectivity index is 1.95. The normalized spacial score (nSPS) is 16.0. The molecule has 4 N–H and O–H groups in total. The van der Waals surface area contributed by atoms with E-state index in [-0.39, 0.29) is 11.3 Å². The number of amides is 1. The number of carbonyl (C=O) groups excluding carboxylic acids is 1. The molecule has 1 aromatic carbocycles. The first-order valence-corrected chi connectivity index (χ1v) is 7.51. The van der Waals surface area contributed by atoms with Crippen LogP contribution < -0.4 is 11.1 Å². The van der Waals surface area contributed by atoms with Crippen molar-refractivity contribution in [2.24, 2.45) is 5.73 Å². The van der Waals surface area contributed by atoms with Crippen LogP contribution in [0.5, 0.6) is 5.75 Å². The number of nitrogens with two attached hydrogens (primary N) is 1. The third kappa shape index (κ3) is 4.98. The monoisotopic (exact) mass is 315 g/mol. The summed E-state index contributed by atoms with van der Waals surface area (Å²) in [4.78, 5) is 16.4. The lowest BCUT2D eigenvalue weighted by Crippen LogP contribution is -2.45. The molecule has 122 valence electrons. The zero-order valence-corrected chi connectivity index (χ0v) is 12.9. The van der Waals surface area contributed by atoms with E-state index in [1.807, 2.05) is 11.0 Å². The van der Waals surface area contributed by atoms with Crippen LogP contribution in [0.25, 0.3) is 0 Å². The number of hydrogen-bond donors (Lipinski definition) is 3. The fourth-order valence-electron chi connectivity index (χ4n) is 2.36. The lowest BCUT2D eigenvalue weighted by Gasteiger charge is -2.33. The minimum atomic E-state index is -0.456. The summed E-state index contributed by atoms with van der Waals surface area (Å²) < 4.78 is 0. The average molecular weight is 315 g/mol. The Morgan fingerprint density at radius 2 is 1.96 bits per heavy atom. The highest BCUT2D eigenvalue weighted by molar-refractivity contribution is 6.06. The highest BCUT2D eigenvalue weighted by Gasteiger charge is 2.16. The molecule has 1 amide bonds. The molecule has 0 aliphatic carbocycles. The van der Waals surface area contributed by atoms with Crippen LogP contribution in [0.15, 0.2) is 36.0 Å². The van der Waals surface area contributed by atoms with E-state index in [1.54, 1.807) is 18.3 Å². The van der Waals surface area contributed by atoms with Crippen LogP contribution in [0.3, 0.4) is 0 Å². The number of anilines is 1. The van der Waals surface area contributed by atoms with E-state index < -0.39 is 5.91 Å². The highest BCUT2D eigenvalue weighted by atomic mass is 16.3. The molecule has 0 bridgehead atoms. The van der Waals surface area contributed by atoms with E-state index in [1.165, 1.54) is 12.1 Å². The quantitative estimate of drug-likeness (QED) is 0.410. The third-order valence-corrected chi connectivity index (χ3v) is 3.65. The molecule has 0 atom stereocenters. The minimum absolute atomic E-state index is 0.0605. The molecule has 0 unspecified atom stereocenters. The van der Waals surface area contributed by atoms with Gasteiger partial charge < -0.3 is 21.1 Å². The van der Waals surface area contributed by atoms with Gasteiger partial charge in [0.15, 0.2) is 0 Å². The van der Waals surface area contributed by atoms with Crippen molar-refractivity contribution in [3.05, 3.63) is 36.0 Å². The van der Waals surface area contributed by atoms with Crippen molar-refractivity contribution in [2.75, 3.05) is 44.6 Å². The number of hydrogen-bond acceptors (Lipinski definition) is 6. The van der Waals surface area contributed by atoms with E-state index >= 15 is 0 Å². The van der Waals surface area contributed by atoms with Gasteiger partial charge in [0, 0.05) is 51.2 Å². The lowest BCUT2D eigenvalue weighted by atomic mass is 10.2. The average Bonchev–Trinajstić information content (AvgIpc) is 2.56. The highest BCUT2D eigenvalue weighted by Crippen LogP contribution is 2.14. The number of nitrogens with zero attached hydrogens (tertiary/aromatic N) is 3. The second-order valence-corrected chi connectivity index (χ2v) is 5.32. The molecule has 1 aliphatic rings. The summed E-state index contributed by atoms with van der Waals surface area (Å²) in [5.74, 6) is -0.336. The standard InChI is InChI=1S/C16H21N5O2/c17-5-6-20-7-9-21(10-8-20)12-13(11-18)16(23)19-14-1-3-15(22)4-2-14/h1-4,12,22H,5-10,17H2,(H,19,23)/b13-12-. The molecule has 0 radical (unpaired) electrons. The van der Waals surface area contributed by atoms with Crippen molar-refractivity contribution in [1.29, 1.82) is 5.26 Å². The Bertz CT molecular complexity index is 598. The Morgan fingerprint density at radius 3 is 2.52 bits per heavy atom. The number of carbonyl (C=O) groups is 1. The van der Waals surface area contributed by atoms with Gasteiger partial charge in [-0.05, 0) is 24.3 Å². The van der Waals surface area contributed by atoms with Crippen LogP contribution in [0.4, 0.5) is 5.69 Å². The molecule has 1 aromatic rings. The van der Waals surface area contributed by atoms with Gasteiger partial charge in [0.1, 0.15) is 17.4 Å². The molecule has 0 aromatic heterocycles. The van der Waals surface area contributed by atoms with Gasteiger partial charge in [-0.3, -0.25) is 9.69 Å². The molecule has 2 rings (SSSR count). The fourth-order valence-corrected chi connectivity index (χ4v) is 2.36. The van der Waals surface area contributed by atoms with E-state index in [0.29, 0.717) is 12.2 Å². The molecule has 1 heterocycles. The van der Waals surface area contributed by atoms with Crippen molar-refractivity contribution >= 4 is 11.6 Å². The molecule has 0 saturated carbocycles. The number of nitrogens with one attached hydrogen (secondary N) is 1. The number of piperazine rings is 1. The second-order valence-electron chi connectivity index (χ2n) is 5.32. The van der Waals surface area contributed by atoms with E-state index in [9.17, 15) is 15.2 Å². The van der Waals surface area contributed by atoms with Crippen molar-refractivity contribution in [1.82, 2.24) is 9.80 Å². The maximum Gasteiger partial charge on any atom is 0.267 e. The Hall–Kier alpha value is -2.56. The summed E-state index contributed by atoms with van der Waals surface area (Å²) in [7, 11) is 0. The summed E-state index contributed by atoms with van der Waals surface area (Å²) in [5.41, 5.74) is 6.13. The molecular formula is C16H21N5O2. The molecule has 1 saturated heterocycles. The molecule has 1 fully saturated rings. The zero-order valence-electron chi connectivity index (χ0n) is 12.9. The van der Waals surface area contributed by atoms with Gasteiger partial charge in [0.2, 0.25) is 0 Å². The predicted octanol–water partition coefficient (Wildman–Crippen LogP) is 0.314. The van der Waals surface area contributed by atoms with Crippen LogP contribution in [-0.4, -0.2) is 60.1 Å². The van der Waals surface area contributed by atoms with Crippen LogP contribution in [0, 0.1) is 11.3 Å².